The number of hydrogen-bond donors (Lipinski definition) is 1. The minimum absolute atomic E-state index is 0.0709. The van der Waals surface area contributed by atoms with Crippen LogP contribution in [-0.2, 0) is 0 Å². The molecule has 0 aromatic heterocycles. The fourth-order valence-corrected chi connectivity index (χ4v) is 3.21. The minimum atomic E-state index is -0.261. The van der Waals surface area contributed by atoms with Crippen LogP contribution in [0.5, 0.6) is 5.75 Å². The second kappa shape index (κ2) is 7.07. The molecule has 1 aromatic carbocycles. The van der Waals surface area contributed by atoms with E-state index in [4.69, 9.17) is 4.74 Å². The van der Waals surface area contributed by atoms with Gasteiger partial charge in [-0.2, -0.15) is 0 Å². The number of likely N-dealkylation sites (N-methyl/N-ethyl adjacent to an activating group) is 1. The molecule has 1 aliphatic carbocycles. The van der Waals surface area contributed by atoms with E-state index in [9.17, 15) is 4.39 Å². The van der Waals surface area contributed by atoms with Crippen LogP contribution in [0.15, 0.2) is 18.2 Å². The van der Waals surface area contributed by atoms with Crippen LogP contribution in [0.3, 0.4) is 0 Å². The highest BCUT2D eigenvalue weighted by Crippen LogP contribution is 2.31. The molecule has 0 bridgehead atoms. The summed E-state index contributed by atoms with van der Waals surface area (Å²) in [4.78, 5) is 0. The Kier molecular flexibility index (Phi) is 5.41. The van der Waals surface area contributed by atoms with Crippen LogP contribution in [0.1, 0.15) is 44.6 Å². The molecule has 0 heterocycles. The minimum Gasteiger partial charge on any atom is -0.486 e. The van der Waals surface area contributed by atoms with E-state index in [-0.39, 0.29) is 11.9 Å². The van der Waals surface area contributed by atoms with Crippen molar-refractivity contribution < 1.29 is 9.13 Å². The lowest BCUT2D eigenvalue weighted by Gasteiger charge is -2.36. The molecule has 2 nitrogen and oxygen atoms in total. The van der Waals surface area contributed by atoms with Crippen molar-refractivity contribution in [3.8, 4) is 5.75 Å². The van der Waals surface area contributed by atoms with Crippen LogP contribution in [0, 0.1) is 18.7 Å². The van der Waals surface area contributed by atoms with Gasteiger partial charge in [-0.15, -0.1) is 0 Å². The van der Waals surface area contributed by atoms with Gasteiger partial charge in [0.1, 0.15) is 6.10 Å². The van der Waals surface area contributed by atoms with Gasteiger partial charge < -0.3 is 10.1 Å². The first-order chi connectivity index (χ1) is 9.63. The van der Waals surface area contributed by atoms with Gasteiger partial charge in [0.2, 0.25) is 0 Å². The number of rotatable bonds is 5. The molecular formula is C17H26FNO. The van der Waals surface area contributed by atoms with Gasteiger partial charge in [-0.05, 0) is 56.8 Å². The van der Waals surface area contributed by atoms with E-state index in [0.717, 1.165) is 18.4 Å². The lowest BCUT2D eigenvalue weighted by molar-refractivity contribution is 0.0829. The molecular weight excluding hydrogens is 253 g/mol. The van der Waals surface area contributed by atoms with Crippen molar-refractivity contribution in [2.45, 2.75) is 58.1 Å². The molecule has 1 aromatic rings. The third-order valence-electron chi connectivity index (χ3n) is 4.33. The number of benzene rings is 1. The van der Waals surface area contributed by atoms with Crippen molar-refractivity contribution in [1.29, 1.82) is 0 Å². The topological polar surface area (TPSA) is 21.3 Å². The van der Waals surface area contributed by atoms with Crippen LogP contribution in [0.4, 0.5) is 4.39 Å². The Morgan fingerprint density at radius 2 is 2.15 bits per heavy atom. The van der Waals surface area contributed by atoms with E-state index < -0.39 is 0 Å². The summed E-state index contributed by atoms with van der Waals surface area (Å²) < 4.78 is 19.9. The molecule has 1 N–H and O–H groups in total. The maximum absolute atomic E-state index is 13.9. The predicted octanol–water partition coefficient (Wildman–Crippen LogP) is 4.07. The van der Waals surface area contributed by atoms with E-state index in [1.54, 1.807) is 12.1 Å². The quantitative estimate of drug-likeness (QED) is 0.877. The molecule has 1 saturated carbocycles. The fourth-order valence-electron chi connectivity index (χ4n) is 3.21. The standard InChI is InChI=1S/C17H26FNO/c1-4-5-13-7-9-15(19-3)17(11-13)20-16-10-12(2)6-8-14(16)18/h6,8,10,13,15,17,19H,4-5,7,9,11H2,1-3H3. The Labute approximate surface area is 121 Å². The Balaban J connectivity index is 2.09. The Morgan fingerprint density at radius 3 is 2.85 bits per heavy atom. The van der Waals surface area contributed by atoms with Gasteiger partial charge in [0, 0.05) is 6.04 Å². The van der Waals surface area contributed by atoms with Crippen molar-refractivity contribution >= 4 is 0 Å². The number of halogens is 1. The molecule has 20 heavy (non-hydrogen) atoms. The highest BCUT2D eigenvalue weighted by Gasteiger charge is 2.31. The monoisotopic (exact) mass is 279 g/mol. The molecule has 0 aliphatic heterocycles. The third kappa shape index (κ3) is 3.72. The zero-order valence-corrected chi connectivity index (χ0v) is 12.8. The van der Waals surface area contributed by atoms with Gasteiger partial charge in [0.05, 0.1) is 0 Å². The second-order valence-corrected chi connectivity index (χ2v) is 5.95. The summed E-state index contributed by atoms with van der Waals surface area (Å²) in [7, 11) is 1.97. The van der Waals surface area contributed by atoms with E-state index in [0.29, 0.717) is 17.7 Å². The summed E-state index contributed by atoms with van der Waals surface area (Å²) in [6, 6.07) is 5.39. The number of ether oxygens (including phenoxy) is 1. The average Bonchev–Trinajstić information content (AvgIpc) is 2.44. The fraction of sp³-hybridized carbons (Fsp3) is 0.647. The normalized spacial score (nSPS) is 26.5. The van der Waals surface area contributed by atoms with Gasteiger partial charge in [-0.25, -0.2) is 4.39 Å². The van der Waals surface area contributed by atoms with Crippen LogP contribution in [0.25, 0.3) is 0 Å². The van der Waals surface area contributed by atoms with Crippen LogP contribution in [0.2, 0.25) is 0 Å². The summed E-state index contributed by atoms with van der Waals surface area (Å²) in [5.41, 5.74) is 1.03. The van der Waals surface area contributed by atoms with Gasteiger partial charge in [-0.3, -0.25) is 0 Å². The molecule has 3 heteroatoms. The van der Waals surface area contributed by atoms with Crippen molar-refractivity contribution in [3.05, 3.63) is 29.6 Å². The van der Waals surface area contributed by atoms with Crippen molar-refractivity contribution in [1.82, 2.24) is 5.32 Å². The lowest BCUT2D eigenvalue weighted by Crippen LogP contribution is -2.45. The first-order valence-corrected chi connectivity index (χ1v) is 7.74. The first kappa shape index (κ1) is 15.3. The maximum atomic E-state index is 13.9. The lowest BCUT2D eigenvalue weighted by atomic mass is 9.81. The summed E-state index contributed by atoms with van der Waals surface area (Å²) in [5, 5.41) is 3.32. The first-order valence-electron chi connectivity index (χ1n) is 7.74. The molecule has 3 unspecified atom stereocenters. The van der Waals surface area contributed by atoms with Crippen LogP contribution >= 0.6 is 0 Å². The van der Waals surface area contributed by atoms with E-state index in [1.165, 1.54) is 25.3 Å². The van der Waals surface area contributed by atoms with Gasteiger partial charge in [0.25, 0.3) is 0 Å². The second-order valence-electron chi connectivity index (χ2n) is 5.95. The summed E-state index contributed by atoms with van der Waals surface area (Å²) in [6.07, 6.45) is 5.90. The zero-order chi connectivity index (χ0) is 14.5. The van der Waals surface area contributed by atoms with Crippen LogP contribution in [-0.4, -0.2) is 19.2 Å². The third-order valence-corrected chi connectivity index (χ3v) is 4.33. The Morgan fingerprint density at radius 1 is 1.35 bits per heavy atom. The number of aryl methyl sites for hydroxylation is 1. The highest BCUT2D eigenvalue weighted by atomic mass is 19.1. The average molecular weight is 279 g/mol. The van der Waals surface area contributed by atoms with Crippen molar-refractivity contribution in [2.24, 2.45) is 5.92 Å². The van der Waals surface area contributed by atoms with E-state index in [1.807, 2.05) is 14.0 Å². The van der Waals surface area contributed by atoms with E-state index >= 15 is 0 Å². The summed E-state index contributed by atoms with van der Waals surface area (Å²) >= 11 is 0. The predicted molar refractivity (Wildman–Crippen MR) is 80.6 cm³/mol. The van der Waals surface area contributed by atoms with Crippen LogP contribution < -0.4 is 10.1 Å². The van der Waals surface area contributed by atoms with Gasteiger partial charge in [0.15, 0.2) is 11.6 Å². The van der Waals surface area contributed by atoms with Gasteiger partial charge in [-0.1, -0.05) is 25.8 Å². The summed E-state index contributed by atoms with van der Waals surface area (Å²) in [5.74, 6) is 0.845. The Bertz CT molecular complexity index is 435. The molecule has 0 saturated heterocycles. The Hall–Kier alpha value is -1.09. The molecule has 112 valence electrons. The molecule has 1 fully saturated rings. The smallest absolute Gasteiger partial charge is 0.165 e. The molecule has 0 radical (unpaired) electrons. The summed E-state index contributed by atoms with van der Waals surface area (Å²) in [6.45, 7) is 4.18. The molecule has 2 rings (SSSR count). The molecule has 0 amide bonds. The highest BCUT2D eigenvalue weighted by molar-refractivity contribution is 5.29. The maximum Gasteiger partial charge on any atom is 0.165 e. The van der Waals surface area contributed by atoms with Gasteiger partial charge >= 0.3 is 0 Å². The number of hydrogen-bond acceptors (Lipinski definition) is 2. The molecule has 0 spiro atoms. The van der Waals surface area contributed by atoms with Crippen molar-refractivity contribution in [2.75, 3.05) is 7.05 Å². The SMILES string of the molecule is CCCC1CCC(NC)C(Oc2cc(C)ccc2F)C1. The van der Waals surface area contributed by atoms with E-state index in [2.05, 4.69) is 12.2 Å². The largest absolute Gasteiger partial charge is 0.486 e. The number of nitrogens with one attached hydrogen (secondary N) is 1. The van der Waals surface area contributed by atoms with Crippen molar-refractivity contribution in [3.63, 3.8) is 0 Å². The zero-order valence-electron chi connectivity index (χ0n) is 12.8. The molecule has 3 atom stereocenters. The molecule has 1 aliphatic rings.